The summed E-state index contributed by atoms with van der Waals surface area (Å²) < 4.78 is 15.4. The van der Waals surface area contributed by atoms with Crippen LogP contribution in [0.15, 0.2) is 47.9 Å². The number of esters is 2. The molecular formula is C18H19ClO5. The Morgan fingerprint density at radius 2 is 1.88 bits per heavy atom. The second kappa shape index (κ2) is 8.55. The lowest BCUT2D eigenvalue weighted by Crippen LogP contribution is -2.17. The zero-order chi connectivity index (χ0) is 17.5. The molecule has 6 heteroatoms. The summed E-state index contributed by atoms with van der Waals surface area (Å²) in [7, 11) is 0. The molecule has 128 valence electrons. The Labute approximate surface area is 145 Å². The van der Waals surface area contributed by atoms with Crippen molar-refractivity contribution in [2.75, 3.05) is 13.2 Å². The molecule has 1 heterocycles. The lowest BCUT2D eigenvalue weighted by atomic mass is 9.92. The van der Waals surface area contributed by atoms with Crippen LogP contribution in [-0.2, 0) is 23.8 Å². The second-order valence-corrected chi connectivity index (χ2v) is 5.51. The van der Waals surface area contributed by atoms with E-state index in [9.17, 15) is 9.59 Å². The molecule has 1 atom stereocenters. The Bertz CT molecular complexity index is 660. The number of benzene rings is 1. The van der Waals surface area contributed by atoms with Crippen LogP contribution in [-0.4, -0.2) is 25.2 Å². The fourth-order valence-electron chi connectivity index (χ4n) is 2.32. The molecule has 5 nitrogen and oxygen atoms in total. The first-order valence-corrected chi connectivity index (χ1v) is 8.10. The number of carbonyl (C=O) groups excluding carboxylic acids is 2. The normalized spacial score (nSPS) is 18.5. The molecule has 1 aromatic carbocycles. The summed E-state index contributed by atoms with van der Waals surface area (Å²) in [5.74, 6) is -0.771. The van der Waals surface area contributed by atoms with E-state index in [1.165, 1.54) is 6.08 Å². The van der Waals surface area contributed by atoms with E-state index in [1.54, 1.807) is 32.1 Å². The predicted molar refractivity (Wildman–Crippen MR) is 89.3 cm³/mol. The van der Waals surface area contributed by atoms with E-state index in [0.29, 0.717) is 17.2 Å². The third-order valence-electron chi connectivity index (χ3n) is 3.35. The Morgan fingerprint density at radius 1 is 1.21 bits per heavy atom. The summed E-state index contributed by atoms with van der Waals surface area (Å²) in [6.07, 6.45) is 3.39. The van der Waals surface area contributed by atoms with Crippen LogP contribution in [0.2, 0.25) is 5.02 Å². The number of halogens is 1. The average Bonchev–Trinajstić information content (AvgIpc) is 2.55. The summed E-state index contributed by atoms with van der Waals surface area (Å²) >= 11 is 5.92. The first-order chi connectivity index (χ1) is 11.5. The molecule has 1 aliphatic heterocycles. The van der Waals surface area contributed by atoms with Gasteiger partial charge in [-0.3, -0.25) is 0 Å². The fraction of sp³-hybridized carbons (Fsp3) is 0.333. The molecule has 0 N–H and O–H groups in total. The number of carbonyl (C=O) groups is 2. The van der Waals surface area contributed by atoms with Crippen molar-refractivity contribution in [2.24, 2.45) is 0 Å². The highest BCUT2D eigenvalue weighted by Gasteiger charge is 2.26. The predicted octanol–water partition coefficient (Wildman–Crippen LogP) is 3.74. The Morgan fingerprint density at radius 3 is 2.50 bits per heavy atom. The van der Waals surface area contributed by atoms with E-state index in [2.05, 4.69) is 0 Å². The highest BCUT2D eigenvalue weighted by atomic mass is 35.5. The Kier molecular flexibility index (Phi) is 6.44. The van der Waals surface area contributed by atoms with Crippen LogP contribution < -0.4 is 0 Å². The summed E-state index contributed by atoms with van der Waals surface area (Å²) in [5.41, 5.74) is 0.958. The first kappa shape index (κ1) is 18.1. The minimum atomic E-state index is -0.564. The van der Waals surface area contributed by atoms with Crippen molar-refractivity contribution in [1.29, 1.82) is 0 Å². The van der Waals surface area contributed by atoms with Crippen molar-refractivity contribution in [2.45, 2.75) is 26.2 Å². The zero-order valence-electron chi connectivity index (χ0n) is 13.6. The van der Waals surface area contributed by atoms with Gasteiger partial charge in [-0.25, -0.2) is 9.59 Å². The summed E-state index contributed by atoms with van der Waals surface area (Å²) in [5, 5.41) is 0.627. The van der Waals surface area contributed by atoms with Crippen molar-refractivity contribution in [1.82, 2.24) is 0 Å². The van der Waals surface area contributed by atoms with Gasteiger partial charge in [-0.15, -0.1) is 0 Å². The van der Waals surface area contributed by atoms with Gasteiger partial charge in [0.25, 0.3) is 0 Å². The van der Waals surface area contributed by atoms with Gasteiger partial charge in [0.15, 0.2) is 0 Å². The van der Waals surface area contributed by atoms with Crippen LogP contribution in [0.3, 0.4) is 0 Å². The maximum Gasteiger partial charge on any atom is 0.373 e. The van der Waals surface area contributed by atoms with Gasteiger partial charge in [0.1, 0.15) is 5.76 Å². The maximum atomic E-state index is 12.0. The van der Waals surface area contributed by atoms with Gasteiger partial charge in [0, 0.05) is 17.4 Å². The molecule has 0 fully saturated rings. The molecular weight excluding hydrogens is 332 g/mol. The summed E-state index contributed by atoms with van der Waals surface area (Å²) in [6.45, 7) is 3.94. The number of rotatable bonds is 5. The topological polar surface area (TPSA) is 61.8 Å². The van der Waals surface area contributed by atoms with Crippen molar-refractivity contribution in [3.63, 3.8) is 0 Å². The molecule has 2 rings (SSSR count). The average molecular weight is 351 g/mol. The molecule has 0 saturated carbocycles. The van der Waals surface area contributed by atoms with Crippen LogP contribution >= 0.6 is 11.6 Å². The van der Waals surface area contributed by atoms with Gasteiger partial charge in [-0.05, 0) is 37.6 Å². The van der Waals surface area contributed by atoms with E-state index in [0.717, 1.165) is 5.56 Å². The number of hydrogen-bond acceptors (Lipinski definition) is 5. The monoisotopic (exact) mass is 350 g/mol. The molecule has 0 aliphatic carbocycles. The third kappa shape index (κ3) is 4.86. The minimum absolute atomic E-state index is 0.0681. The maximum absolute atomic E-state index is 12.0. The van der Waals surface area contributed by atoms with E-state index < -0.39 is 11.9 Å². The van der Waals surface area contributed by atoms with Crippen LogP contribution in [0.4, 0.5) is 0 Å². The van der Waals surface area contributed by atoms with Crippen molar-refractivity contribution in [3.05, 3.63) is 58.5 Å². The molecule has 0 amide bonds. The number of allylic oxidation sites excluding steroid dienone is 2. The van der Waals surface area contributed by atoms with Crippen LogP contribution in [0.5, 0.6) is 0 Å². The lowest BCUT2D eigenvalue weighted by molar-refractivity contribution is -0.142. The first-order valence-electron chi connectivity index (χ1n) is 7.73. The van der Waals surface area contributed by atoms with Crippen molar-refractivity contribution < 1.29 is 23.8 Å². The standard InChI is InChI=1S/C18H19ClO5/c1-3-22-17(20)11-15-9-13(12-5-7-14(19)8-6-12)10-16(24-15)18(21)23-4-2/h5-8,10-11,13H,3-4,9H2,1-2H3/b15-11+. The highest BCUT2D eigenvalue weighted by Crippen LogP contribution is 2.33. The second-order valence-electron chi connectivity index (χ2n) is 5.08. The Balaban J connectivity index is 2.30. The van der Waals surface area contributed by atoms with Crippen LogP contribution in [0.1, 0.15) is 31.7 Å². The minimum Gasteiger partial charge on any atom is -0.463 e. The zero-order valence-corrected chi connectivity index (χ0v) is 14.3. The van der Waals surface area contributed by atoms with Crippen LogP contribution in [0, 0.1) is 0 Å². The molecule has 0 saturated heterocycles. The van der Waals surface area contributed by atoms with Crippen molar-refractivity contribution in [3.8, 4) is 0 Å². The molecule has 0 bridgehead atoms. The van der Waals surface area contributed by atoms with E-state index in [4.69, 9.17) is 25.8 Å². The molecule has 0 aromatic heterocycles. The molecule has 1 unspecified atom stereocenters. The number of hydrogen-bond donors (Lipinski definition) is 0. The largest absolute Gasteiger partial charge is 0.463 e. The summed E-state index contributed by atoms with van der Waals surface area (Å²) in [6, 6.07) is 7.30. The SMILES string of the molecule is CCOC(=O)/C=C1\CC(c2ccc(Cl)cc2)C=C(C(=O)OCC)O1. The van der Waals surface area contributed by atoms with Gasteiger partial charge in [0.05, 0.1) is 19.3 Å². The summed E-state index contributed by atoms with van der Waals surface area (Å²) in [4.78, 5) is 23.7. The van der Waals surface area contributed by atoms with E-state index in [1.807, 2.05) is 12.1 Å². The Hall–Kier alpha value is -2.27. The van der Waals surface area contributed by atoms with Gasteiger partial charge >= 0.3 is 11.9 Å². The number of ether oxygens (including phenoxy) is 3. The fourth-order valence-corrected chi connectivity index (χ4v) is 2.44. The van der Waals surface area contributed by atoms with Gasteiger partial charge in [0.2, 0.25) is 5.76 Å². The molecule has 0 radical (unpaired) electrons. The molecule has 0 spiro atoms. The van der Waals surface area contributed by atoms with Crippen LogP contribution in [0.25, 0.3) is 0 Å². The van der Waals surface area contributed by atoms with E-state index >= 15 is 0 Å². The molecule has 24 heavy (non-hydrogen) atoms. The van der Waals surface area contributed by atoms with Gasteiger partial charge in [-0.1, -0.05) is 23.7 Å². The smallest absolute Gasteiger partial charge is 0.373 e. The van der Waals surface area contributed by atoms with E-state index in [-0.39, 0.29) is 24.9 Å². The highest BCUT2D eigenvalue weighted by molar-refractivity contribution is 6.30. The van der Waals surface area contributed by atoms with Crippen molar-refractivity contribution >= 4 is 23.5 Å². The lowest BCUT2D eigenvalue weighted by Gasteiger charge is -2.23. The third-order valence-corrected chi connectivity index (χ3v) is 3.61. The van der Waals surface area contributed by atoms with Gasteiger partial charge in [-0.2, -0.15) is 0 Å². The molecule has 1 aromatic rings. The van der Waals surface area contributed by atoms with Gasteiger partial charge < -0.3 is 14.2 Å². The quantitative estimate of drug-likeness (QED) is 0.598. The molecule has 1 aliphatic rings.